The van der Waals surface area contributed by atoms with Gasteiger partial charge in [0, 0.05) is 53.5 Å². The van der Waals surface area contributed by atoms with Crippen LogP contribution in [0.3, 0.4) is 0 Å². The molecule has 0 bridgehead atoms. The number of anilines is 1. The summed E-state index contributed by atoms with van der Waals surface area (Å²) in [4.78, 5) is 12.9. The number of rotatable bonds is 7. The van der Waals surface area contributed by atoms with Crippen molar-refractivity contribution in [2.45, 2.75) is 33.4 Å². The summed E-state index contributed by atoms with van der Waals surface area (Å²) in [6.07, 6.45) is 5.26. The molecule has 182 valence electrons. The molecule has 2 N–H and O–H groups in total. The summed E-state index contributed by atoms with van der Waals surface area (Å²) in [5.41, 5.74) is 10.7. The lowest BCUT2D eigenvalue weighted by atomic mass is 10.1. The molecule has 5 rings (SSSR count). The molecule has 2 aromatic carbocycles. The van der Waals surface area contributed by atoms with Gasteiger partial charge in [0.05, 0.1) is 5.39 Å². The zero-order valence-corrected chi connectivity index (χ0v) is 20.3. The lowest BCUT2D eigenvalue weighted by Gasteiger charge is -2.11. The minimum absolute atomic E-state index is 0.213. The van der Waals surface area contributed by atoms with Crippen molar-refractivity contribution in [2.24, 2.45) is 0 Å². The van der Waals surface area contributed by atoms with Gasteiger partial charge in [-0.2, -0.15) is 0 Å². The van der Waals surface area contributed by atoms with E-state index in [-0.39, 0.29) is 12.6 Å². The molecule has 0 saturated heterocycles. The van der Waals surface area contributed by atoms with Crippen LogP contribution in [0.5, 0.6) is 17.2 Å². The maximum absolute atomic E-state index is 14.2. The van der Waals surface area contributed by atoms with Gasteiger partial charge in [0.15, 0.2) is 0 Å². The zero-order chi connectivity index (χ0) is 25.2. The van der Waals surface area contributed by atoms with Gasteiger partial charge in [0.25, 0.3) is 0 Å². The summed E-state index contributed by atoms with van der Waals surface area (Å²) in [6, 6.07) is 15.9. The molecular formula is C28H26FN5O2. The van der Waals surface area contributed by atoms with Gasteiger partial charge in [-0.3, -0.25) is 4.98 Å². The second-order valence-corrected chi connectivity index (χ2v) is 8.85. The van der Waals surface area contributed by atoms with E-state index in [2.05, 4.69) is 33.4 Å². The molecule has 3 aromatic heterocycles. The Kier molecular flexibility index (Phi) is 6.25. The number of pyridine rings is 1. The van der Waals surface area contributed by atoms with E-state index in [4.69, 9.17) is 15.2 Å². The van der Waals surface area contributed by atoms with Crippen molar-refractivity contribution in [2.75, 3.05) is 5.73 Å². The van der Waals surface area contributed by atoms with Gasteiger partial charge in [-0.05, 0) is 44.5 Å². The molecule has 0 saturated carbocycles. The largest absolute Gasteiger partial charge is 0.489 e. The molecule has 0 amide bonds. The minimum Gasteiger partial charge on any atom is -0.489 e. The van der Waals surface area contributed by atoms with Crippen LogP contribution in [0.2, 0.25) is 0 Å². The third-order valence-corrected chi connectivity index (χ3v) is 5.82. The van der Waals surface area contributed by atoms with E-state index in [1.54, 1.807) is 12.3 Å². The highest BCUT2D eigenvalue weighted by Crippen LogP contribution is 2.35. The molecule has 8 heteroatoms. The maximum atomic E-state index is 14.2. The monoisotopic (exact) mass is 483 g/mol. The minimum atomic E-state index is -0.446. The van der Waals surface area contributed by atoms with E-state index in [0.717, 1.165) is 33.4 Å². The van der Waals surface area contributed by atoms with Crippen LogP contribution in [-0.4, -0.2) is 19.5 Å². The molecule has 0 fully saturated rings. The number of fused-ring (bicyclic) bond motifs is 1. The summed E-state index contributed by atoms with van der Waals surface area (Å²) in [6.45, 7) is 6.38. The topological polar surface area (TPSA) is 88.1 Å². The smallest absolute Gasteiger partial charge is 0.146 e. The number of halogens is 1. The van der Waals surface area contributed by atoms with Crippen molar-refractivity contribution in [3.8, 4) is 28.4 Å². The van der Waals surface area contributed by atoms with Crippen LogP contribution < -0.4 is 15.2 Å². The molecule has 0 aliphatic rings. The van der Waals surface area contributed by atoms with Crippen molar-refractivity contribution >= 4 is 16.9 Å². The summed E-state index contributed by atoms with van der Waals surface area (Å²) >= 11 is 0. The Morgan fingerprint density at radius 2 is 1.72 bits per heavy atom. The lowest BCUT2D eigenvalue weighted by Crippen LogP contribution is -2.00. The van der Waals surface area contributed by atoms with E-state index in [0.29, 0.717) is 23.1 Å². The average molecular weight is 484 g/mol. The quantitative estimate of drug-likeness (QED) is 0.285. The van der Waals surface area contributed by atoms with Gasteiger partial charge in [-0.1, -0.05) is 18.2 Å². The Morgan fingerprint density at radius 3 is 2.44 bits per heavy atom. The van der Waals surface area contributed by atoms with E-state index in [9.17, 15) is 4.39 Å². The number of nitrogen functional groups attached to an aromatic ring is 1. The van der Waals surface area contributed by atoms with Crippen molar-refractivity contribution in [3.63, 3.8) is 0 Å². The molecule has 0 spiro atoms. The molecule has 0 atom stereocenters. The predicted molar refractivity (Wildman–Crippen MR) is 138 cm³/mol. The fraction of sp³-hybridized carbons (Fsp3) is 0.179. The first-order chi connectivity index (χ1) is 17.4. The first-order valence-electron chi connectivity index (χ1n) is 11.6. The number of aryl methyl sites for hydroxylation is 1. The summed E-state index contributed by atoms with van der Waals surface area (Å²) in [5, 5.41) is 0.815. The van der Waals surface area contributed by atoms with Gasteiger partial charge < -0.3 is 19.8 Å². The van der Waals surface area contributed by atoms with Crippen molar-refractivity contribution in [3.05, 3.63) is 90.4 Å². The SMILES string of the molecule is Cc1ccc(COc2cc(F)cc(Oc3ccc(-c4cn(C(C)C)c5ncnc(N)c45)cc3)c2)cn1. The Balaban J connectivity index is 1.36. The van der Waals surface area contributed by atoms with E-state index in [1.165, 1.54) is 18.5 Å². The zero-order valence-electron chi connectivity index (χ0n) is 20.3. The number of benzene rings is 2. The number of nitrogens with two attached hydrogens (primary N) is 1. The Bertz CT molecular complexity index is 1510. The van der Waals surface area contributed by atoms with Gasteiger partial charge in [-0.15, -0.1) is 0 Å². The molecular weight excluding hydrogens is 457 g/mol. The predicted octanol–water partition coefficient (Wildman–Crippen LogP) is 6.48. The van der Waals surface area contributed by atoms with Crippen molar-refractivity contribution in [1.82, 2.24) is 19.5 Å². The van der Waals surface area contributed by atoms with E-state index < -0.39 is 5.82 Å². The van der Waals surface area contributed by atoms with Crippen LogP contribution in [0, 0.1) is 12.7 Å². The molecule has 0 aliphatic heterocycles. The van der Waals surface area contributed by atoms with Crippen LogP contribution in [0.25, 0.3) is 22.2 Å². The van der Waals surface area contributed by atoms with Crippen molar-refractivity contribution in [1.29, 1.82) is 0 Å². The summed E-state index contributed by atoms with van der Waals surface area (Å²) < 4.78 is 28.0. The van der Waals surface area contributed by atoms with Crippen LogP contribution >= 0.6 is 0 Å². The normalized spacial score (nSPS) is 11.2. The maximum Gasteiger partial charge on any atom is 0.146 e. The number of hydrogen-bond donors (Lipinski definition) is 1. The number of nitrogens with zero attached hydrogens (tertiary/aromatic N) is 4. The average Bonchev–Trinajstić information content (AvgIpc) is 3.25. The van der Waals surface area contributed by atoms with Gasteiger partial charge >= 0.3 is 0 Å². The highest BCUT2D eigenvalue weighted by molar-refractivity contribution is 6.00. The Labute approximate surface area is 208 Å². The fourth-order valence-electron chi connectivity index (χ4n) is 3.99. The van der Waals surface area contributed by atoms with E-state index in [1.807, 2.05) is 49.5 Å². The third kappa shape index (κ3) is 4.84. The standard InChI is InChI=1S/C28H26FN5O2/c1-17(2)34-14-25(26-27(30)32-16-33-28(26)34)20-6-8-22(9-7-20)36-24-11-21(29)10-23(12-24)35-15-19-5-4-18(3)31-13-19/h4-14,16-17H,15H2,1-3H3,(H2,30,32,33). The molecule has 0 radical (unpaired) electrons. The lowest BCUT2D eigenvalue weighted by molar-refractivity contribution is 0.302. The number of aromatic nitrogens is 4. The van der Waals surface area contributed by atoms with E-state index >= 15 is 0 Å². The van der Waals surface area contributed by atoms with Crippen LogP contribution in [0.15, 0.2) is 73.3 Å². The van der Waals surface area contributed by atoms with Crippen molar-refractivity contribution < 1.29 is 13.9 Å². The Morgan fingerprint density at radius 1 is 0.944 bits per heavy atom. The van der Waals surface area contributed by atoms with Crippen LogP contribution in [0.4, 0.5) is 10.2 Å². The van der Waals surface area contributed by atoms with Crippen LogP contribution in [-0.2, 0) is 6.61 Å². The number of hydrogen-bond acceptors (Lipinski definition) is 6. The highest BCUT2D eigenvalue weighted by Gasteiger charge is 2.16. The molecule has 7 nitrogen and oxygen atoms in total. The first kappa shape index (κ1) is 23.3. The Hall–Kier alpha value is -4.46. The summed E-state index contributed by atoms with van der Waals surface area (Å²) in [5.74, 6) is 1.27. The van der Waals surface area contributed by atoms with Gasteiger partial charge in [0.2, 0.25) is 0 Å². The first-order valence-corrected chi connectivity index (χ1v) is 11.6. The molecule has 0 unspecified atom stereocenters. The highest BCUT2D eigenvalue weighted by atomic mass is 19.1. The van der Waals surface area contributed by atoms with Gasteiger partial charge in [0.1, 0.15) is 47.5 Å². The fourth-order valence-corrected chi connectivity index (χ4v) is 3.99. The molecule has 36 heavy (non-hydrogen) atoms. The number of ether oxygens (including phenoxy) is 2. The molecule has 0 aliphatic carbocycles. The second-order valence-electron chi connectivity index (χ2n) is 8.85. The third-order valence-electron chi connectivity index (χ3n) is 5.82. The van der Waals surface area contributed by atoms with Gasteiger partial charge in [-0.25, -0.2) is 14.4 Å². The molecule has 3 heterocycles. The van der Waals surface area contributed by atoms with Crippen LogP contribution in [0.1, 0.15) is 31.1 Å². The molecule has 5 aromatic rings. The second kappa shape index (κ2) is 9.65. The summed E-state index contributed by atoms with van der Waals surface area (Å²) in [7, 11) is 0.